The normalized spacial score (nSPS) is 17.9. The molecule has 0 radical (unpaired) electrons. The summed E-state index contributed by atoms with van der Waals surface area (Å²) < 4.78 is 5.56. The zero-order chi connectivity index (χ0) is 14.5. The number of hydrogen-bond acceptors (Lipinski definition) is 3. The summed E-state index contributed by atoms with van der Waals surface area (Å²) in [5.41, 5.74) is 5.57. The standard InChI is InChI=1S/C15H30N2O2/c1-5-9-17(12-14(2,3)11-16)13(18)10-15(19-4)7-6-8-15/h5-12,16H2,1-4H3. The van der Waals surface area contributed by atoms with Crippen LogP contribution in [0, 0.1) is 5.41 Å². The Morgan fingerprint density at radius 1 is 1.42 bits per heavy atom. The largest absolute Gasteiger partial charge is 0.378 e. The Kier molecular flexibility index (Phi) is 5.81. The molecule has 1 aliphatic rings. The second-order valence-electron chi connectivity index (χ2n) is 6.60. The quantitative estimate of drug-likeness (QED) is 0.735. The maximum atomic E-state index is 12.5. The van der Waals surface area contributed by atoms with Crippen molar-refractivity contribution in [3.8, 4) is 0 Å². The minimum absolute atomic E-state index is 0.0231. The van der Waals surface area contributed by atoms with Crippen LogP contribution in [0.3, 0.4) is 0 Å². The summed E-state index contributed by atoms with van der Waals surface area (Å²) >= 11 is 0. The van der Waals surface area contributed by atoms with Crippen LogP contribution in [0.2, 0.25) is 0 Å². The van der Waals surface area contributed by atoms with Gasteiger partial charge in [-0.3, -0.25) is 4.79 Å². The van der Waals surface area contributed by atoms with Crippen LogP contribution < -0.4 is 5.73 Å². The van der Waals surface area contributed by atoms with Gasteiger partial charge in [-0.05, 0) is 37.6 Å². The maximum Gasteiger partial charge on any atom is 0.225 e. The number of rotatable bonds is 8. The smallest absolute Gasteiger partial charge is 0.225 e. The second-order valence-corrected chi connectivity index (χ2v) is 6.60. The molecule has 1 saturated carbocycles. The van der Waals surface area contributed by atoms with Crippen molar-refractivity contribution in [1.29, 1.82) is 0 Å². The van der Waals surface area contributed by atoms with Crippen LogP contribution in [0.5, 0.6) is 0 Å². The van der Waals surface area contributed by atoms with Gasteiger partial charge in [-0.1, -0.05) is 20.8 Å². The Labute approximate surface area is 117 Å². The first-order valence-electron chi connectivity index (χ1n) is 7.41. The highest BCUT2D eigenvalue weighted by Gasteiger charge is 2.40. The van der Waals surface area contributed by atoms with Crippen LogP contribution in [0.1, 0.15) is 52.9 Å². The molecular formula is C15H30N2O2. The summed E-state index contributed by atoms with van der Waals surface area (Å²) in [4.78, 5) is 14.5. The molecule has 1 fully saturated rings. The Bertz CT molecular complexity index is 293. The highest BCUT2D eigenvalue weighted by molar-refractivity contribution is 5.77. The number of amides is 1. The van der Waals surface area contributed by atoms with Crippen molar-refractivity contribution < 1.29 is 9.53 Å². The van der Waals surface area contributed by atoms with Crippen molar-refractivity contribution in [2.75, 3.05) is 26.7 Å². The average molecular weight is 270 g/mol. The first-order chi connectivity index (χ1) is 8.88. The molecule has 1 rings (SSSR count). The molecule has 0 bridgehead atoms. The molecule has 0 aromatic heterocycles. The van der Waals surface area contributed by atoms with Gasteiger partial charge in [0.1, 0.15) is 0 Å². The van der Waals surface area contributed by atoms with Crippen LogP contribution in [0.4, 0.5) is 0 Å². The van der Waals surface area contributed by atoms with E-state index in [4.69, 9.17) is 10.5 Å². The summed E-state index contributed by atoms with van der Waals surface area (Å²) in [6.45, 7) is 8.45. The SMILES string of the molecule is CCCN(CC(C)(C)CN)C(=O)CC1(OC)CCC1. The summed E-state index contributed by atoms with van der Waals surface area (Å²) in [6.07, 6.45) is 4.69. The highest BCUT2D eigenvalue weighted by Crippen LogP contribution is 2.38. The fourth-order valence-corrected chi connectivity index (χ4v) is 2.55. The van der Waals surface area contributed by atoms with E-state index in [1.807, 2.05) is 4.90 Å². The number of methoxy groups -OCH3 is 1. The fourth-order valence-electron chi connectivity index (χ4n) is 2.55. The van der Waals surface area contributed by atoms with Gasteiger partial charge < -0.3 is 15.4 Å². The number of carbonyl (C=O) groups is 1. The summed E-state index contributed by atoms with van der Waals surface area (Å²) in [5.74, 6) is 0.213. The van der Waals surface area contributed by atoms with E-state index in [1.54, 1.807) is 7.11 Å². The van der Waals surface area contributed by atoms with Gasteiger partial charge in [-0.25, -0.2) is 0 Å². The second kappa shape index (κ2) is 6.71. The monoisotopic (exact) mass is 270 g/mol. The van der Waals surface area contributed by atoms with E-state index in [-0.39, 0.29) is 16.9 Å². The van der Waals surface area contributed by atoms with Crippen LogP contribution in [0.15, 0.2) is 0 Å². The fraction of sp³-hybridized carbons (Fsp3) is 0.933. The van der Waals surface area contributed by atoms with Crippen LogP contribution in [-0.4, -0.2) is 43.2 Å². The lowest BCUT2D eigenvalue weighted by molar-refractivity contribution is -0.145. The number of ether oxygens (including phenoxy) is 1. The van der Waals surface area contributed by atoms with Gasteiger partial charge in [0.25, 0.3) is 0 Å². The molecular weight excluding hydrogens is 240 g/mol. The van der Waals surface area contributed by atoms with Gasteiger partial charge in [0.2, 0.25) is 5.91 Å². The summed E-state index contributed by atoms with van der Waals surface area (Å²) in [5, 5.41) is 0. The third-order valence-corrected chi connectivity index (χ3v) is 4.19. The molecule has 4 heteroatoms. The minimum atomic E-state index is -0.185. The van der Waals surface area contributed by atoms with Crippen LogP contribution in [0.25, 0.3) is 0 Å². The Morgan fingerprint density at radius 3 is 2.42 bits per heavy atom. The third kappa shape index (κ3) is 4.46. The third-order valence-electron chi connectivity index (χ3n) is 4.19. The van der Waals surface area contributed by atoms with Crippen molar-refractivity contribution in [3.63, 3.8) is 0 Å². The lowest BCUT2D eigenvalue weighted by atomic mass is 9.77. The first kappa shape index (κ1) is 16.4. The molecule has 0 atom stereocenters. The molecule has 1 amide bonds. The number of hydrogen-bond donors (Lipinski definition) is 1. The van der Waals surface area contributed by atoms with Gasteiger partial charge in [0.05, 0.1) is 12.0 Å². The molecule has 0 aliphatic heterocycles. The topological polar surface area (TPSA) is 55.6 Å². The molecule has 0 aromatic carbocycles. The summed E-state index contributed by atoms with van der Waals surface area (Å²) in [6, 6.07) is 0. The van der Waals surface area contributed by atoms with E-state index >= 15 is 0 Å². The van der Waals surface area contributed by atoms with E-state index in [0.29, 0.717) is 13.0 Å². The zero-order valence-corrected chi connectivity index (χ0v) is 13.0. The van der Waals surface area contributed by atoms with Gasteiger partial charge in [-0.2, -0.15) is 0 Å². The molecule has 0 heterocycles. The van der Waals surface area contributed by atoms with Gasteiger partial charge in [-0.15, -0.1) is 0 Å². The zero-order valence-electron chi connectivity index (χ0n) is 13.0. The first-order valence-corrected chi connectivity index (χ1v) is 7.41. The Morgan fingerprint density at radius 2 is 2.05 bits per heavy atom. The molecule has 2 N–H and O–H groups in total. The van der Waals surface area contributed by atoms with Gasteiger partial charge in [0, 0.05) is 20.2 Å². The highest BCUT2D eigenvalue weighted by atomic mass is 16.5. The van der Waals surface area contributed by atoms with E-state index in [9.17, 15) is 4.79 Å². The van der Waals surface area contributed by atoms with Crippen molar-refractivity contribution in [2.45, 2.75) is 58.5 Å². The molecule has 0 saturated heterocycles. The van der Waals surface area contributed by atoms with Crippen LogP contribution >= 0.6 is 0 Å². The van der Waals surface area contributed by atoms with Crippen molar-refractivity contribution in [1.82, 2.24) is 4.90 Å². The summed E-state index contributed by atoms with van der Waals surface area (Å²) in [7, 11) is 1.72. The van der Waals surface area contributed by atoms with E-state index < -0.39 is 0 Å². The van der Waals surface area contributed by atoms with Crippen molar-refractivity contribution in [3.05, 3.63) is 0 Å². The van der Waals surface area contributed by atoms with Crippen LogP contribution in [-0.2, 0) is 9.53 Å². The lowest BCUT2D eigenvalue weighted by Gasteiger charge is -2.42. The molecule has 4 nitrogen and oxygen atoms in total. The molecule has 0 aromatic rings. The maximum absolute atomic E-state index is 12.5. The predicted octanol–water partition coefficient (Wildman–Crippen LogP) is 2.17. The molecule has 112 valence electrons. The number of carbonyl (C=O) groups excluding carboxylic acids is 1. The Balaban J connectivity index is 2.62. The number of nitrogens with two attached hydrogens (primary N) is 1. The molecule has 19 heavy (non-hydrogen) atoms. The number of nitrogens with zero attached hydrogens (tertiary/aromatic N) is 1. The van der Waals surface area contributed by atoms with Gasteiger partial charge >= 0.3 is 0 Å². The van der Waals surface area contributed by atoms with Crippen molar-refractivity contribution >= 4 is 5.91 Å². The molecule has 0 unspecified atom stereocenters. The molecule has 0 spiro atoms. The minimum Gasteiger partial charge on any atom is -0.378 e. The predicted molar refractivity (Wildman–Crippen MR) is 77.9 cm³/mol. The van der Waals surface area contributed by atoms with Crippen molar-refractivity contribution in [2.24, 2.45) is 11.1 Å². The lowest BCUT2D eigenvalue weighted by Crippen LogP contribution is -2.48. The Hall–Kier alpha value is -0.610. The van der Waals surface area contributed by atoms with E-state index in [1.165, 1.54) is 6.42 Å². The van der Waals surface area contributed by atoms with E-state index in [2.05, 4.69) is 20.8 Å². The average Bonchev–Trinajstić information content (AvgIpc) is 2.33. The van der Waals surface area contributed by atoms with Gasteiger partial charge in [0.15, 0.2) is 0 Å². The molecule has 1 aliphatic carbocycles. The van der Waals surface area contributed by atoms with E-state index in [0.717, 1.165) is 32.4 Å².